The fraction of sp³-hybridized carbons (Fsp3) is 0.875. The first-order valence-corrected chi connectivity index (χ1v) is 7.44. The van der Waals surface area contributed by atoms with Crippen LogP contribution in [0.4, 0.5) is 0 Å². The van der Waals surface area contributed by atoms with E-state index in [9.17, 15) is 9.59 Å². The van der Waals surface area contributed by atoms with E-state index in [1.807, 2.05) is 0 Å². The lowest BCUT2D eigenvalue weighted by molar-refractivity contribution is -0.156. The molecule has 20 heavy (non-hydrogen) atoms. The molecule has 0 spiro atoms. The maximum Gasteiger partial charge on any atom is 0.309 e. The third kappa shape index (κ3) is 6.40. The number of carbonyl (C=O) groups is 2. The topological polar surface area (TPSA) is 63.6 Å². The van der Waals surface area contributed by atoms with E-state index in [2.05, 4.69) is 41.5 Å². The molecule has 1 unspecified atom stereocenters. The van der Waals surface area contributed by atoms with E-state index >= 15 is 0 Å². The molecule has 1 atom stereocenters. The predicted molar refractivity (Wildman–Crippen MR) is 79.5 cm³/mol. The monoisotopic (exact) mass is 286 g/mol. The van der Waals surface area contributed by atoms with Gasteiger partial charge in [-0.25, -0.2) is 0 Å². The number of ether oxygens (including phenoxy) is 1. The van der Waals surface area contributed by atoms with E-state index in [1.54, 1.807) is 0 Å². The number of carboxylic acid groups (broad SMARTS) is 1. The van der Waals surface area contributed by atoms with Crippen LogP contribution < -0.4 is 0 Å². The Labute approximate surface area is 122 Å². The molecule has 0 amide bonds. The molecule has 0 aromatic heterocycles. The van der Waals surface area contributed by atoms with Gasteiger partial charge in [-0.05, 0) is 17.3 Å². The molecule has 0 rings (SSSR count). The van der Waals surface area contributed by atoms with Gasteiger partial charge < -0.3 is 9.84 Å². The maximum absolute atomic E-state index is 12.3. The average molecular weight is 286 g/mol. The van der Waals surface area contributed by atoms with Crippen molar-refractivity contribution in [3.8, 4) is 0 Å². The molecule has 0 aliphatic heterocycles. The Morgan fingerprint density at radius 2 is 1.65 bits per heavy atom. The summed E-state index contributed by atoms with van der Waals surface area (Å²) in [5.41, 5.74) is -0.0737. The van der Waals surface area contributed by atoms with Gasteiger partial charge in [-0.15, -0.1) is 0 Å². The number of hydrogen-bond acceptors (Lipinski definition) is 3. The SMILES string of the molecule is CCC(C)(C)CC(C(=O)OCCC(=O)O)C(C)(C)CC. The molecule has 0 heterocycles. The number of carbonyl (C=O) groups excluding carboxylic acids is 1. The predicted octanol–water partition coefficient (Wildman–Crippen LogP) is 3.88. The van der Waals surface area contributed by atoms with Crippen LogP contribution in [0.1, 0.15) is 67.2 Å². The Kier molecular flexibility index (Phi) is 7.25. The van der Waals surface area contributed by atoms with Crippen molar-refractivity contribution in [2.24, 2.45) is 16.7 Å². The normalized spacial score (nSPS) is 13.9. The summed E-state index contributed by atoms with van der Waals surface area (Å²) >= 11 is 0. The lowest BCUT2D eigenvalue weighted by atomic mass is 9.68. The van der Waals surface area contributed by atoms with Crippen LogP contribution in [0.2, 0.25) is 0 Å². The van der Waals surface area contributed by atoms with Crippen LogP contribution in [0, 0.1) is 16.7 Å². The maximum atomic E-state index is 12.3. The Hall–Kier alpha value is -1.06. The van der Waals surface area contributed by atoms with Crippen LogP contribution in [0.5, 0.6) is 0 Å². The summed E-state index contributed by atoms with van der Waals surface area (Å²) < 4.78 is 5.17. The van der Waals surface area contributed by atoms with Gasteiger partial charge in [0.15, 0.2) is 0 Å². The molecule has 0 saturated heterocycles. The standard InChI is InChI=1S/C16H30O4/c1-7-15(3,4)11-12(16(5,6)8-2)14(19)20-10-9-13(17)18/h12H,7-11H2,1-6H3,(H,17,18). The Bertz CT molecular complexity index is 331. The molecule has 118 valence electrons. The van der Waals surface area contributed by atoms with E-state index in [0.717, 1.165) is 19.3 Å². The second-order valence-electron chi connectivity index (χ2n) is 6.93. The highest BCUT2D eigenvalue weighted by molar-refractivity contribution is 5.74. The van der Waals surface area contributed by atoms with Crippen molar-refractivity contribution in [2.75, 3.05) is 6.61 Å². The summed E-state index contributed by atoms with van der Waals surface area (Å²) in [4.78, 5) is 22.8. The van der Waals surface area contributed by atoms with Gasteiger partial charge in [0.05, 0.1) is 12.3 Å². The first kappa shape index (κ1) is 18.9. The van der Waals surface area contributed by atoms with Crippen molar-refractivity contribution in [1.29, 1.82) is 0 Å². The Morgan fingerprint density at radius 1 is 1.10 bits per heavy atom. The van der Waals surface area contributed by atoms with Gasteiger partial charge in [-0.3, -0.25) is 9.59 Å². The molecule has 4 heteroatoms. The van der Waals surface area contributed by atoms with Crippen molar-refractivity contribution < 1.29 is 19.4 Å². The summed E-state index contributed by atoms with van der Waals surface area (Å²) in [5, 5.41) is 8.60. The fourth-order valence-electron chi connectivity index (χ4n) is 1.96. The van der Waals surface area contributed by atoms with Crippen molar-refractivity contribution >= 4 is 11.9 Å². The zero-order valence-corrected chi connectivity index (χ0v) is 13.8. The number of rotatable bonds is 9. The quantitative estimate of drug-likeness (QED) is 0.653. The fourth-order valence-corrected chi connectivity index (χ4v) is 1.96. The van der Waals surface area contributed by atoms with E-state index in [1.165, 1.54) is 0 Å². The Balaban J connectivity index is 4.85. The summed E-state index contributed by atoms with van der Waals surface area (Å²) in [6.45, 7) is 12.6. The van der Waals surface area contributed by atoms with E-state index in [4.69, 9.17) is 9.84 Å². The van der Waals surface area contributed by atoms with Crippen LogP contribution in [-0.2, 0) is 14.3 Å². The highest BCUT2D eigenvalue weighted by Crippen LogP contribution is 2.40. The number of hydrogen-bond donors (Lipinski definition) is 1. The van der Waals surface area contributed by atoms with Crippen LogP contribution in [0.15, 0.2) is 0 Å². The summed E-state index contributed by atoms with van der Waals surface area (Å²) in [7, 11) is 0. The molecule has 4 nitrogen and oxygen atoms in total. The number of aliphatic carboxylic acids is 1. The van der Waals surface area contributed by atoms with E-state index in [0.29, 0.717) is 0 Å². The molecule has 0 aromatic rings. The van der Waals surface area contributed by atoms with Gasteiger partial charge in [0, 0.05) is 0 Å². The van der Waals surface area contributed by atoms with Crippen LogP contribution in [-0.4, -0.2) is 23.7 Å². The van der Waals surface area contributed by atoms with Crippen molar-refractivity contribution in [2.45, 2.75) is 67.2 Å². The van der Waals surface area contributed by atoms with Crippen LogP contribution in [0.25, 0.3) is 0 Å². The third-order valence-corrected chi connectivity index (χ3v) is 4.41. The lowest BCUT2D eigenvalue weighted by Crippen LogP contribution is -2.36. The molecule has 0 aliphatic carbocycles. The van der Waals surface area contributed by atoms with Crippen molar-refractivity contribution in [3.63, 3.8) is 0 Å². The van der Waals surface area contributed by atoms with Crippen LogP contribution in [0.3, 0.4) is 0 Å². The van der Waals surface area contributed by atoms with Crippen molar-refractivity contribution in [1.82, 2.24) is 0 Å². The minimum Gasteiger partial charge on any atom is -0.481 e. The number of esters is 1. The van der Waals surface area contributed by atoms with Gasteiger partial charge in [0.25, 0.3) is 0 Å². The largest absolute Gasteiger partial charge is 0.481 e. The molecule has 0 bridgehead atoms. The number of carboxylic acids is 1. The average Bonchev–Trinajstić information content (AvgIpc) is 2.35. The van der Waals surface area contributed by atoms with E-state index < -0.39 is 5.97 Å². The molecule has 0 radical (unpaired) electrons. The highest BCUT2D eigenvalue weighted by atomic mass is 16.5. The lowest BCUT2D eigenvalue weighted by Gasteiger charge is -2.37. The molecule has 1 N–H and O–H groups in total. The molecular weight excluding hydrogens is 256 g/mol. The van der Waals surface area contributed by atoms with E-state index in [-0.39, 0.29) is 35.7 Å². The first-order chi connectivity index (χ1) is 9.05. The smallest absolute Gasteiger partial charge is 0.309 e. The molecule has 0 saturated carbocycles. The minimum absolute atomic E-state index is 0.0446. The summed E-state index contributed by atoms with van der Waals surface area (Å²) in [6.07, 6.45) is 2.50. The molecule has 0 aliphatic rings. The zero-order chi connectivity index (χ0) is 16.0. The van der Waals surface area contributed by atoms with Crippen molar-refractivity contribution in [3.05, 3.63) is 0 Å². The highest BCUT2D eigenvalue weighted by Gasteiger charge is 2.38. The van der Waals surface area contributed by atoms with Gasteiger partial charge in [-0.1, -0.05) is 54.4 Å². The molecule has 0 fully saturated rings. The first-order valence-electron chi connectivity index (χ1n) is 7.44. The van der Waals surface area contributed by atoms with Gasteiger partial charge in [0.2, 0.25) is 0 Å². The molecule has 0 aromatic carbocycles. The summed E-state index contributed by atoms with van der Waals surface area (Å²) in [6, 6.07) is 0. The van der Waals surface area contributed by atoms with Gasteiger partial charge in [0.1, 0.15) is 6.61 Å². The van der Waals surface area contributed by atoms with Gasteiger partial charge >= 0.3 is 11.9 Å². The molecular formula is C16H30O4. The third-order valence-electron chi connectivity index (χ3n) is 4.41. The Morgan fingerprint density at radius 3 is 2.05 bits per heavy atom. The minimum atomic E-state index is -0.946. The summed E-state index contributed by atoms with van der Waals surface area (Å²) in [5.74, 6) is -1.41. The zero-order valence-electron chi connectivity index (χ0n) is 13.8. The second-order valence-corrected chi connectivity index (χ2v) is 6.93. The second kappa shape index (κ2) is 7.65. The van der Waals surface area contributed by atoms with Gasteiger partial charge in [-0.2, -0.15) is 0 Å². The van der Waals surface area contributed by atoms with Crippen LogP contribution >= 0.6 is 0 Å².